The van der Waals surface area contributed by atoms with Crippen LogP contribution in [0, 0.1) is 5.41 Å². The Bertz CT molecular complexity index is 770. The molecule has 5 N–H and O–H groups in total. The lowest BCUT2D eigenvalue weighted by Gasteiger charge is -2.22. The standard InChI is InChI=1S/C17H28N4O2.C8H14N2.2C2H6/c1-13-5-7-14(8-6-13)17-19-15(23-20-17)9-10-16(22)21(3)12-4-11-18-2;9-7-5-3-1-2-4-6-8-10;2*1-2/h5-7,14,16,18,22H,4,8-12H2,1-3H3;3-7,9H,1-2,8,10H2;2*1-2H3/b;5-3+,6-4+,9-7?;;. The lowest BCUT2D eigenvalue weighted by atomic mass is 9.97. The zero-order valence-electron chi connectivity index (χ0n) is 24.4. The maximum absolute atomic E-state index is 10.2. The molecule has 8 heteroatoms. The number of hydrogen-bond acceptors (Lipinski definition) is 8. The van der Waals surface area contributed by atoms with E-state index < -0.39 is 6.23 Å². The van der Waals surface area contributed by atoms with Gasteiger partial charge in [0, 0.05) is 31.6 Å². The fourth-order valence-corrected chi connectivity index (χ4v) is 3.14. The van der Waals surface area contributed by atoms with Crippen LogP contribution in [0.25, 0.3) is 0 Å². The molecule has 0 saturated heterocycles. The molecule has 1 aliphatic carbocycles. The fourth-order valence-electron chi connectivity index (χ4n) is 3.14. The van der Waals surface area contributed by atoms with Gasteiger partial charge in [0.05, 0.1) is 0 Å². The molecular formula is C29H54N6O2. The van der Waals surface area contributed by atoms with Crippen LogP contribution in [-0.4, -0.2) is 66.3 Å². The zero-order chi connectivity index (χ0) is 28.3. The zero-order valence-corrected chi connectivity index (χ0v) is 24.4. The van der Waals surface area contributed by atoms with Crippen LogP contribution in [-0.2, 0) is 6.42 Å². The van der Waals surface area contributed by atoms with Crippen LogP contribution in [0.15, 0.2) is 52.6 Å². The van der Waals surface area contributed by atoms with Gasteiger partial charge >= 0.3 is 0 Å². The van der Waals surface area contributed by atoms with Crippen molar-refractivity contribution >= 4 is 6.21 Å². The average molecular weight is 519 g/mol. The molecule has 0 spiro atoms. The normalized spacial score (nSPS) is 15.3. The van der Waals surface area contributed by atoms with Crippen molar-refractivity contribution in [2.24, 2.45) is 5.73 Å². The Labute approximate surface area is 226 Å². The highest BCUT2D eigenvalue weighted by molar-refractivity contribution is 5.67. The van der Waals surface area contributed by atoms with Crippen LogP contribution in [0.1, 0.15) is 84.4 Å². The van der Waals surface area contributed by atoms with Crippen molar-refractivity contribution < 1.29 is 9.63 Å². The third kappa shape index (κ3) is 19.4. The first-order valence-corrected chi connectivity index (χ1v) is 13.7. The van der Waals surface area contributed by atoms with Crippen molar-refractivity contribution in [3.63, 3.8) is 0 Å². The number of nitrogens with two attached hydrogens (primary N) is 1. The number of aliphatic hydroxyl groups is 1. The number of aliphatic hydroxyl groups excluding tert-OH is 1. The summed E-state index contributed by atoms with van der Waals surface area (Å²) in [6.45, 7) is 12.5. The smallest absolute Gasteiger partial charge is 0.226 e. The molecule has 0 saturated carbocycles. The van der Waals surface area contributed by atoms with Gasteiger partial charge in [-0.15, -0.1) is 0 Å². The minimum absolute atomic E-state index is 0.199. The van der Waals surface area contributed by atoms with E-state index in [-0.39, 0.29) is 5.92 Å². The number of nitrogens with zero attached hydrogens (tertiary/aromatic N) is 3. The maximum Gasteiger partial charge on any atom is 0.226 e. The molecule has 1 aromatic rings. The summed E-state index contributed by atoms with van der Waals surface area (Å²) in [4.78, 5) is 6.42. The maximum atomic E-state index is 10.2. The Morgan fingerprint density at radius 2 is 1.95 bits per heavy atom. The first-order chi connectivity index (χ1) is 18.0. The number of unbranched alkanes of at least 4 members (excludes halogenated alkanes) is 1. The van der Waals surface area contributed by atoms with E-state index >= 15 is 0 Å². The Balaban J connectivity index is 0. The highest BCUT2D eigenvalue weighted by Crippen LogP contribution is 2.24. The van der Waals surface area contributed by atoms with E-state index in [9.17, 15) is 5.11 Å². The van der Waals surface area contributed by atoms with E-state index in [1.807, 2.05) is 64.9 Å². The van der Waals surface area contributed by atoms with E-state index in [0.717, 1.165) is 44.6 Å². The number of rotatable bonds is 14. The average Bonchev–Trinajstić information content (AvgIpc) is 3.41. The lowest BCUT2D eigenvalue weighted by molar-refractivity contribution is 0.0141. The van der Waals surface area contributed by atoms with Gasteiger partial charge in [0.25, 0.3) is 0 Å². The summed E-state index contributed by atoms with van der Waals surface area (Å²) >= 11 is 0. The third-order valence-electron chi connectivity index (χ3n) is 5.20. The summed E-state index contributed by atoms with van der Waals surface area (Å²) in [6, 6.07) is 0. The molecule has 2 atom stereocenters. The van der Waals surface area contributed by atoms with Crippen LogP contribution >= 0.6 is 0 Å². The summed E-state index contributed by atoms with van der Waals surface area (Å²) in [5.74, 6) is 1.53. The molecule has 1 aliphatic rings. The monoisotopic (exact) mass is 518 g/mol. The Morgan fingerprint density at radius 1 is 1.24 bits per heavy atom. The molecular weight excluding hydrogens is 464 g/mol. The molecule has 1 heterocycles. The molecule has 8 nitrogen and oxygen atoms in total. The van der Waals surface area contributed by atoms with Crippen LogP contribution < -0.4 is 11.1 Å². The van der Waals surface area contributed by atoms with Gasteiger partial charge in [-0.1, -0.05) is 74.9 Å². The summed E-state index contributed by atoms with van der Waals surface area (Å²) in [5, 5.41) is 24.0. The highest BCUT2D eigenvalue weighted by Gasteiger charge is 2.18. The predicted molar refractivity (Wildman–Crippen MR) is 158 cm³/mol. The topological polar surface area (TPSA) is 124 Å². The quantitative estimate of drug-likeness (QED) is 0.113. The molecule has 37 heavy (non-hydrogen) atoms. The van der Waals surface area contributed by atoms with E-state index in [4.69, 9.17) is 15.7 Å². The minimum atomic E-state index is -0.484. The number of aryl methyl sites for hydroxylation is 1. The van der Waals surface area contributed by atoms with Crippen molar-refractivity contribution in [2.45, 2.75) is 85.3 Å². The molecule has 212 valence electrons. The van der Waals surface area contributed by atoms with Gasteiger partial charge < -0.3 is 26.1 Å². The number of allylic oxidation sites excluding steroid dienone is 7. The predicted octanol–water partition coefficient (Wildman–Crippen LogP) is 5.39. The van der Waals surface area contributed by atoms with Crippen molar-refractivity contribution in [3.8, 4) is 0 Å². The first kappa shape index (κ1) is 36.8. The second-order valence-corrected chi connectivity index (χ2v) is 8.03. The first-order valence-electron chi connectivity index (χ1n) is 13.7. The van der Waals surface area contributed by atoms with E-state index in [1.165, 1.54) is 11.8 Å². The third-order valence-corrected chi connectivity index (χ3v) is 5.20. The lowest BCUT2D eigenvalue weighted by Crippen LogP contribution is -2.33. The summed E-state index contributed by atoms with van der Waals surface area (Å²) in [6.07, 6.45) is 20.0. The van der Waals surface area contributed by atoms with Crippen LogP contribution in [0.4, 0.5) is 0 Å². The minimum Gasteiger partial charge on any atom is -0.378 e. The Kier molecular flexibility index (Phi) is 26.5. The molecule has 0 aromatic carbocycles. The summed E-state index contributed by atoms with van der Waals surface area (Å²) < 4.78 is 5.32. The Morgan fingerprint density at radius 3 is 2.54 bits per heavy atom. The van der Waals surface area contributed by atoms with Crippen LogP contribution in [0.5, 0.6) is 0 Å². The molecule has 0 amide bonds. The highest BCUT2D eigenvalue weighted by atomic mass is 16.5. The van der Waals surface area contributed by atoms with Gasteiger partial charge in [0.2, 0.25) is 5.89 Å². The van der Waals surface area contributed by atoms with Gasteiger partial charge in [-0.05, 0) is 65.7 Å². The molecule has 0 radical (unpaired) electrons. The summed E-state index contributed by atoms with van der Waals surface area (Å²) in [7, 11) is 3.86. The number of nitrogens with one attached hydrogen (secondary N) is 2. The van der Waals surface area contributed by atoms with Gasteiger partial charge in [-0.2, -0.15) is 4.98 Å². The second-order valence-electron chi connectivity index (χ2n) is 8.03. The van der Waals surface area contributed by atoms with E-state index in [0.29, 0.717) is 25.3 Å². The molecule has 0 aliphatic heterocycles. The molecule has 1 aromatic heterocycles. The molecule has 2 rings (SSSR count). The molecule has 0 fully saturated rings. The molecule has 0 bridgehead atoms. The van der Waals surface area contributed by atoms with Crippen molar-refractivity contribution in [2.75, 3.05) is 33.7 Å². The molecule has 2 unspecified atom stereocenters. The van der Waals surface area contributed by atoms with Crippen molar-refractivity contribution in [1.82, 2.24) is 20.4 Å². The van der Waals surface area contributed by atoms with E-state index in [1.54, 1.807) is 6.08 Å². The van der Waals surface area contributed by atoms with Gasteiger partial charge in [-0.25, -0.2) is 0 Å². The Hall–Kier alpha value is -2.39. The second kappa shape index (κ2) is 26.7. The van der Waals surface area contributed by atoms with Crippen LogP contribution in [0.3, 0.4) is 0 Å². The van der Waals surface area contributed by atoms with Crippen molar-refractivity contribution in [1.29, 1.82) is 5.41 Å². The van der Waals surface area contributed by atoms with Crippen molar-refractivity contribution in [3.05, 3.63) is 59.8 Å². The largest absolute Gasteiger partial charge is 0.378 e. The van der Waals surface area contributed by atoms with Gasteiger partial charge in [-0.3, -0.25) is 4.90 Å². The number of hydrogen-bond donors (Lipinski definition) is 4. The van der Waals surface area contributed by atoms with Gasteiger partial charge in [0.1, 0.15) is 6.23 Å². The van der Waals surface area contributed by atoms with E-state index in [2.05, 4.69) is 40.6 Å². The summed E-state index contributed by atoms with van der Waals surface area (Å²) in [5.41, 5.74) is 6.50. The van der Waals surface area contributed by atoms with Gasteiger partial charge in [0.15, 0.2) is 5.82 Å². The number of aromatic nitrogens is 2. The fraction of sp³-hybridized carbons (Fsp3) is 0.621. The SMILES string of the molecule is CC.CC.CNCCCN(C)C(O)CCc1nc(C2C=CC(C)=CC2)no1.N=C/C=C/CC/C=C/CN. The van der Waals surface area contributed by atoms with Crippen LogP contribution in [0.2, 0.25) is 0 Å².